The summed E-state index contributed by atoms with van der Waals surface area (Å²) in [4.78, 5) is 11.3. The molecule has 0 bridgehead atoms. The van der Waals surface area contributed by atoms with Gasteiger partial charge in [0.05, 0.1) is 35.9 Å². The summed E-state index contributed by atoms with van der Waals surface area (Å²) in [5.41, 5.74) is 8.48. The topological polar surface area (TPSA) is 102 Å². The molecule has 0 aliphatic carbocycles. The fraction of sp³-hybridized carbons (Fsp3) is 0.480. The first-order chi connectivity index (χ1) is 15.6. The number of nitrogen functional groups attached to an aromatic ring is 1. The molecule has 8 heteroatoms. The van der Waals surface area contributed by atoms with Gasteiger partial charge in [0.1, 0.15) is 0 Å². The van der Waals surface area contributed by atoms with Crippen LogP contribution >= 0.6 is 0 Å². The number of hydrogen-bond acceptors (Lipinski definition) is 7. The summed E-state index contributed by atoms with van der Waals surface area (Å²) >= 11 is 0. The number of ether oxygens (including phenoxy) is 1. The van der Waals surface area contributed by atoms with Crippen LogP contribution in [0.5, 0.6) is 11.6 Å². The minimum atomic E-state index is -0.955. The van der Waals surface area contributed by atoms with E-state index in [0.29, 0.717) is 17.5 Å². The molecule has 3 heterocycles. The van der Waals surface area contributed by atoms with E-state index in [4.69, 9.17) is 10.5 Å². The van der Waals surface area contributed by atoms with Crippen LogP contribution in [0.15, 0.2) is 36.8 Å². The number of hydrogen-bond donors (Lipinski definition) is 2. The van der Waals surface area contributed by atoms with Crippen LogP contribution in [-0.2, 0) is 5.60 Å². The van der Waals surface area contributed by atoms with E-state index in [-0.39, 0.29) is 17.6 Å². The van der Waals surface area contributed by atoms with Gasteiger partial charge in [-0.05, 0) is 70.4 Å². The third kappa shape index (κ3) is 5.02. The normalized spacial score (nSPS) is 17.3. The minimum Gasteiger partial charge on any atom is -0.433 e. The number of piperidine rings is 1. The number of nitrogens with zero attached hydrogens (tertiary/aromatic N) is 5. The molecule has 1 saturated heterocycles. The van der Waals surface area contributed by atoms with E-state index in [2.05, 4.69) is 27.0 Å². The number of anilines is 1. The van der Waals surface area contributed by atoms with Gasteiger partial charge in [0.2, 0.25) is 0 Å². The Balaban J connectivity index is 1.59. The Hall–Kier alpha value is -2.97. The molecule has 1 atom stereocenters. The Bertz CT molecular complexity index is 1120. The first kappa shape index (κ1) is 23.2. The van der Waals surface area contributed by atoms with Crippen molar-refractivity contribution in [2.24, 2.45) is 5.92 Å². The lowest BCUT2D eigenvalue weighted by atomic mass is 9.83. The van der Waals surface area contributed by atoms with Crippen LogP contribution in [0.4, 0.5) is 5.82 Å². The Labute approximate surface area is 195 Å². The van der Waals surface area contributed by atoms with E-state index in [9.17, 15) is 5.11 Å². The van der Waals surface area contributed by atoms with Crippen molar-refractivity contribution in [3.63, 3.8) is 0 Å². The van der Waals surface area contributed by atoms with Gasteiger partial charge in [0.15, 0.2) is 11.6 Å². The van der Waals surface area contributed by atoms with Crippen molar-refractivity contribution in [2.75, 3.05) is 25.9 Å². The molecular weight excluding hydrogens is 416 g/mol. The Morgan fingerprint density at radius 1 is 1.18 bits per heavy atom. The Morgan fingerprint density at radius 2 is 1.91 bits per heavy atom. The van der Waals surface area contributed by atoms with Gasteiger partial charge in [-0.15, -0.1) is 0 Å². The van der Waals surface area contributed by atoms with Crippen molar-refractivity contribution < 1.29 is 9.84 Å². The van der Waals surface area contributed by atoms with Gasteiger partial charge < -0.3 is 20.5 Å². The average molecular weight is 451 g/mol. The van der Waals surface area contributed by atoms with Crippen LogP contribution in [0, 0.1) is 12.8 Å². The second-order valence-electron chi connectivity index (χ2n) is 9.63. The number of aromatic nitrogens is 4. The SMILES string of the molecule is Cc1cc(-c2cnc(N)c(Oc3cnn(C4CCN(C)CC4)c3)n2)cc(C(C)(O)C(C)C)c1. The number of aryl methyl sites for hydroxylation is 1. The Morgan fingerprint density at radius 3 is 2.61 bits per heavy atom. The van der Waals surface area contributed by atoms with E-state index in [1.165, 1.54) is 0 Å². The lowest BCUT2D eigenvalue weighted by molar-refractivity contribution is 0.00904. The number of benzene rings is 1. The van der Waals surface area contributed by atoms with E-state index < -0.39 is 5.60 Å². The fourth-order valence-corrected chi connectivity index (χ4v) is 4.10. The summed E-state index contributed by atoms with van der Waals surface area (Å²) in [6, 6.07) is 6.34. The molecule has 0 radical (unpaired) electrons. The molecule has 0 spiro atoms. The van der Waals surface area contributed by atoms with Gasteiger partial charge >= 0.3 is 0 Å². The fourth-order valence-electron chi connectivity index (χ4n) is 4.10. The van der Waals surface area contributed by atoms with Crippen LogP contribution in [-0.4, -0.2) is 49.9 Å². The molecule has 3 aromatic rings. The Kier molecular flexibility index (Phi) is 6.41. The maximum atomic E-state index is 11.0. The van der Waals surface area contributed by atoms with E-state index in [1.807, 2.05) is 56.8 Å². The molecule has 1 fully saturated rings. The number of likely N-dealkylation sites (tertiary alicyclic amines) is 1. The van der Waals surface area contributed by atoms with Crippen molar-refractivity contribution in [3.05, 3.63) is 47.9 Å². The zero-order valence-electron chi connectivity index (χ0n) is 20.1. The average Bonchev–Trinajstić information content (AvgIpc) is 3.23. The molecule has 8 nitrogen and oxygen atoms in total. The minimum absolute atomic E-state index is 0.0599. The molecular formula is C25H34N6O2. The summed E-state index contributed by atoms with van der Waals surface area (Å²) in [5.74, 6) is 1.10. The standard InChI is InChI=1S/C25H34N6O2/c1-16(2)25(4,32)19-11-17(3)10-18(12-19)22-14-27-23(26)24(29-22)33-21-13-28-31(15-21)20-6-8-30(5)9-7-20/h10-16,20,32H,6-9H2,1-5H3,(H2,26,27). The van der Waals surface area contributed by atoms with Gasteiger partial charge in [0.25, 0.3) is 5.88 Å². The molecule has 3 N–H and O–H groups in total. The van der Waals surface area contributed by atoms with Crippen molar-refractivity contribution in [3.8, 4) is 22.9 Å². The summed E-state index contributed by atoms with van der Waals surface area (Å²) in [6.45, 7) is 9.96. The molecule has 2 aromatic heterocycles. The van der Waals surface area contributed by atoms with Crippen molar-refractivity contribution >= 4 is 5.82 Å². The highest BCUT2D eigenvalue weighted by molar-refractivity contribution is 5.63. The molecule has 0 amide bonds. The summed E-state index contributed by atoms with van der Waals surface area (Å²) in [6.07, 6.45) is 7.34. The van der Waals surface area contributed by atoms with Gasteiger partial charge in [0, 0.05) is 5.56 Å². The quantitative estimate of drug-likeness (QED) is 0.581. The zero-order chi connectivity index (χ0) is 23.8. The first-order valence-electron chi connectivity index (χ1n) is 11.5. The van der Waals surface area contributed by atoms with Crippen LogP contribution in [0.3, 0.4) is 0 Å². The molecule has 1 unspecified atom stereocenters. The van der Waals surface area contributed by atoms with Crippen LogP contribution in [0.25, 0.3) is 11.3 Å². The summed E-state index contributed by atoms with van der Waals surface area (Å²) in [5, 5.41) is 15.5. The number of rotatable bonds is 6. The maximum Gasteiger partial charge on any atom is 0.263 e. The van der Waals surface area contributed by atoms with Gasteiger partial charge in [-0.3, -0.25) is 4.68 Å². The lowest BCUT2D eigenvalue weighted by Gasteiger charge is -2.29. The predicted octanol–water partition coefficient (Wildman–Crippen LogP) is 4.15. The van der Waals surface area contributed by atoms with Crippen molar-refractivity contribution in [1.82, 2.24) is 24.6 Å². The first-order valence-corrected chi connectivity index (χ1v) is 11.5. The van der Waals surface area contributed by atoms with Gasteiger partial charge in [-0.1, -0.05) is 25.5 Å². The molecule has 1 aromatic carbocycles. The zero-order valence-corrected chi connectivity index (χ0v) is 20.1. The van der Waals surface area contributed by atoms with Gasteiger partial charge in [-0.25, -0.2) is 9.97 Å². The highest BCUT2D eigenvalue weighted by Crippen LogP contribution is 2.34. The van der Waals surface area contributed by atoms with E-state index in [1.54, 1.807) is 12.4 Å². The largest absolute Gasteiger partial charge is 0.433 e. The second-order valence-corrected chi connectivity index (χ2v) is 9.63. The molecule has 0 saturated carbocycles. The second kappa shape index (κ2) is 9.11. The molecule has 4 rings (SSSR count). The third-order valence-electron chi connectivity index (χ3n) is 6.70. The number of aliphatic hydroxyl groups is 1. The van der Waals surface area contributed by atoms with Gasteiger partial charge in [-0.2, -0.15) is 5.10 Å². The van der Waals surface area contributed by atoms with Crippen LogP contribution in [0.1, 0.15) is 50.8 Å². The smallest absolute Gasteiger partial charge is 0.263 e. The van der Waals surface area contributed by atoms with E-state index >= 15 is 0 Å². The lowest BCUT2D eigenvalue weighted by Crippen LogP contribution is -2.31. The highest BCUT2D eigenvalue weighted by Gasteiger charge is 2.28. The van der Waals surface area contributed by atoms with Crippen LogP contribution in [0.2, 0.25) is 0 Å². The number of nitrogens with two attached hydrogens (primary N) is 1. The molecule has 33 heavy (non-hydrogen) atoms. The molecule has 1 aliphatic heterocycles. The molecule has 1 aliphatic rings. The predicted molar refractivity (Wildman–Crippen MR) is 129 cm³/mol. The monoisotopic (exact) mass is 450 g/mol. The summed E-state index contributed by atoms with van der Waals surface area (Å²) < 4.78 is 7.96. The summed E-state index contributed by atoms with van der Waals surface area (Å²) in [7, 11) is 2.14. The highest BCUT2D eigenvalue weighted by atomic mass is 16.5. The van der Waals surface area contributed by atoms with Crippen molar-refractivity contribution in [2.45, 2.75) is 52.2 Å². The third-order valence-corrected chi connectivity index (χ3v) is 6.70. The van der Waals surface area contributed by atoms with Crippen molar-refractivity contribution in [1.29, 1.82) is 0 Å². The van der Waals surface area contributed by atoms with Crippen LogP contribution < -0.4 is 10.5 Å². The molecule has 176 valence electrons. The maximum absolute atomic E-state index is 11.0. The van der Waals surface area contributed by atoms with E-state index in [0.717, 1.165) is 42.6 Å².